The topological polar surface area (TPSA) is 63.8 Å². The molecule has 0 amide bonds. The zero-order valence-corrected chi connectivity index (χ0v) is 11.6. The van der Waals surface area contributed by atoms with Gasteiger partial charge in [-0.2, -0.15) is 4.98 Å². The van der Waals surface area contributed by atoms with Crippen molar-refractivity contribution in [1.29, 1.82) is 0 Å². The summed E-state index contributed by atoms with van der Waals surface area (Å²) in [5, 5.41) is 5.66. The number of benzene rings is 2. The number of fused-ring (bicyclic) bond motifs is 1. The highest BCUT2D eigenvalue weighted by atomic mass is 35.5. The Morgan fingerprint density at radius 3 is 2.65 bits per heavy atom. The summed E-state index contributed by atoms with van der Waals surface area (Å²) in [6.45, 7) is 1.80. The molecule has 0 fully saturated rings. The fourth-order valence-electron chi connectivity index (χ4n) is 2.10. The first-order valence-corrected chi connectivity index (χ1v) is 6.57. The van der Waals surface area contributed by atoms with Gasteiger partial charge >= 0.3 is 0 Å². The van der Waals surface area contributed by atoms with Crippen LogP contribution in [0, 0.1) is 6.92 Å². The second kappa shape index (κ2) is 4.98. The van der Waals surface area contributed by atoms with Crippen LogP contribution in [0.3, 0.4) is 0 Å². The quantitative estimate of drug-likeness (QED) is 0.700. The van der Waals surface area contributed by atoms with E-state index in [0.29, 0.717) is 17.2 Å². The average Bonchev–Trinajstić information content (AvgIpc) is 2.44. The van der Waals surface area contributed by atoms with Crippen molar-refractivity contribution >= 4 is 39.6 Å². The predicted octanol–water partition coefficient (Wildman–Crippen LogP) is 3.92. The summed E-state index contributed by atoms with van der Waals surface area (Å²) >= 11 is 5.89. The maximum Gasteiger partial charge on any atom is 0.224 e. The number of nitrogens with one attached hydrogen (secondary N) is 1. The van der Waals surface area contributed by atoms with E-state index in [2.05, 4.69) is 27.4 Å². The lowest BCUT2D eigenvalue weighted by Crippen LogP contribution is -2.04. The standard InChI is InChI=1S/C15H13ClN4/c1-9-13(17)14(20-15(16)18-9)19-12-8-4-6-10-5-2-3-7-11(10)12/h2-8H,17H2,1H3,(H,18,19,20). The van der Waals surface area contributed by atoms with Crippen molar-refractivity contribution in [1.82, 2.24) is 9.97 Å². The van der Waals surface area contributed by atoms with Crippen LogP contribution in [-0.4, -0.2) is 9.97 Å². The van der Waals surface area contributed by atoms with Crippen LogP contribution in [0.15, 0.2) is 42.5 Å². The van der Waals surface area contributed by atoms with Crippen LogP contribution in [0.5, 0.6) is 0 Å². The summed E-state index contributed by atoms with van der Waals surface area (Å²) in [5.74, 6) is 0.527. The van der Waals surface area contributed by atoms with Gasteiger partial charge in [0.1, 0.15) is 0 Å². The third-order valence-electron chi connectivity index (χ3n) is 3.15. The Kier molecular flexibility index (Phi) is 3.16. The minimum Gasteiger partial charge on any atom is -0.394 e. The van der Waals surface area contributed by atoms with E-state index in [4.69, 9.17) is 17.3 Å². The number of halogens is 1. The number of aryl methyl sites for hydroxylation is 1. The number of rotatable bonds is 2. The Labute approximate surface area is 121 Å². The van der Waals surface area contributed by atoms with Crippen LogP contribution in [0.1, 0.15) is 5.69 Å². The van der Waals surface area contributed by atoms with Gasteiger partial charge < -0.3 is 11.1 Å². The first-order valence-electron chi connectivity index (χ1n) is 6.19. The molecule has 3 aromatic rings. The van der Waals surface area contributed by atoms with Crippen LogP contribution in [-0.2, 0) is 0 Å². The monoisotopic (exact) mass is 284 g/mol. The molecule has 3 N–H and O–H groups in total. The van der Waals surface area contributed by atoms with Gasteiger partial charge in [0, 0.05) is 11.1 Å². The predicted molar refractivity (Wildman–Crippen MR) is 83.4 cm³/mol. The van der Waals surface area contributed by atoms with Gasteiger partial charge in [0.05, 0.1) is 11.4 Å². The van der Waals surface area contributed by atoms with Gasteiger partial charge in [-0.05, 0) is 30.0 Å². The van der Waals surface area contributed by atoms with Crippen molar-refractivity contribution in [3.05, 3.63) is 53.4 Å². The Hall–Kier alpha value is -2.33. The zero-order chi connectivity index (χ0) is 14.1. The van der Waals surface area contributed by atoms with Gasteiger partial charge in [-0.15, -0.1) is 0 Å². The lowest BCUT2D eigenvalue weighted by atomic mass is 10.1. The number of nitrogen functional groups attached to an aromatic ring is 1. The molecule has 0 saturated carbocycles. The molecule has 0 aliphatic rings. The lowest BCUT2D eigenvalue weighted by Gasteiger charge is -2.12. The van der Waals surface area contributed by atoms with E-state index in [1.807, 2.05) is 30.3 Å². The smallest absolute Gasteiger partial charge is 0.224 e. The van der Waals surface area contributed by atoms with Crippen molar-refractivity contribution in [2.75, 3.05) is 11.1 Å². The Morgan fingerprint density at radius 1 is 1.05 bits per heavy atom. The SMILES string of the molecule is Cc1nc(Cl)nc(Nc2cccc3ccccc23)c1N. The highest BCUT2D eigenvalue weighted by Gasteiger charge is 2.09. The average molecular weight is 285 g/mol. The van der Waals surface area contributed by atoms with Gasteiger partial charge in [-0.3, -0.25) is 0 Å². The fourth-order valence-corrected chi connectivity index (χ4v) is 2.32. The van der Waals surface area contributed by atoms with Crippen molar-refractivity contribution < 1.29 is 0 Å². The van der Waals surface area contributed by atoms with Crippen LogP contribution >= 0.6 is 11.6 Å². The minimum atomic E-state index is 0.180. The maximum absolute atomic E-state index is 6.00. The molecule has 1 aromatic heterocycles. The summed E-state index contributed by atoms with van der Waals surface area (Å²) in [6.07, 6.45) is 0. The molecule has 5 heteroatoms. The van der Waals surface area contributed by atoms with Crippen LogP contribution in [0.4, 0.5) is 17.2 Å². The molecule has 20 heavy (non-hydrogen) atoms. The molecule has 0 bridgehead atoms. The van der Waals surface area contributed by atoms with Gasteiger partial charge in [0.15, 0.2) is 5.82 Å². The number of anilines is 3. The molecule has 3 rings (SSSR count). The fraction of sp³-hybridized carbons (Fsp3) is 0.0667. The summed E-state index contributed by atoms with van der Waals surface area (Å²) in [7, 11) is 0. The van der Waals surface area contributed by atoms with Crippen LogP contribution < -0.4 is 11.1 Å². The summed E-state index contributed by atoms with van der Waals surface area (Å²) in [6, 6.07) is 14.1. The molecule has 0 radical (unpaired) electrons. The number of aromatic nitrogens is 2. The van der Waals surface area contributed by atoms with Crippen molar-refractivity contribution in [2.24, 2.45) is 0 Å². The molecule has 100 valence electrons. The molecule has 0 atom stereocenters. The number of nitrogens with zero attached hydrogens (tertiary/aromatic N) is 2. The molecule has 4 nitrogen and oxygen atoms in total. The van der Waals surface area contributed by atoms with Crippen molar-refractivity contribution in [3.63, 3.8) is 0 Å². The van der Waals surface area contributed by atoms with Crippen LogP contribution in [0.25, 0.3) is 10.8 Å². The first-order chi connectivity index (χ1) is 9.65. The second-order valence-corrected chi connectivity index (χ2v) is 4.83. The van der Waals surface area contributed by atoms with E-state index in [1.165, 1.54) is 0 Å². The lowest BCUT2D eigenvalue weighted by molar-refractivity contribution is 1.11. The largest absolute Gasteiger partial charge is 0.394 e. The molecule has 1 heterocycles. The van der Waals surface area contributed by atoms with E-state index in [0.717, 1.165) is 16.5 Å². The van der Waals surface area contributed by atoms with Gasteiger partial charge in [-0.1, -0.05) is 36.4 Å². The molecule has 0 aliphatic carbocycles. The van der Waals surface area contributed by atoms with E-state index in [9.17, 15) is 0 Å². The van der Waals surface area contributed by atoms with Crippen molar-refractivity contribution in [3.8, 4) is 0 Å². The Morgan fingerprint density at radius 2 is 1.80 bits per heavy atom. The normalized spacial score (nSPS) is 10.7. The first kappa shape index (κ1) is 12.7. The summed E-state index contributed by atoms with van der Waals surface area (Å²) in [4.78, 5) is 8.18. The molecule has 0 saturated heterocycles. The van der Waals surface area contributed by atoms with Gasteiger partial charge in [0.2, 0.25) is 5.28 Å². The molecule has 0 aliphatic heterocycles. The molecule has 0 spiro atoms. The third-order valence-corrected chi connectivity index (χ3v) is 3.32. The van der Waals surface area contributed by atoms with Gasteiger partial charge in [-0.25, -0.2) is 4.98 Å². The zero-order valence-electron chi connectivity index (χ0n) is 10.9. The van der Waals surface area contributed by atoms with Crippen LogP contribution in [0.2, 0.25) is 5.28 Å². The third kappa shape index (κ3) is 2.26. The number of hydrogen-bond donors (Lipinski definition) is 2. The van der Waals surface area contributed by atoms with E-state index < -0.39 is 0 Å². The second-order valence-electron chi connectivity index (χ2n) is 4.49. The Bertz CT molecular complexity index is 781. The molecular formula is C15H13ClN4. The highest BCUT2D eigenvalue weighted by Crippen LogP contribution is 2.29. The summed E-state index contributed by atoms with van der Waals surface area (Å²) < 4.78 is 0. The molecule has 2 aromatic carbocycles. The van der Waals surface area contributed by atoms with Crippen molar-refractivity contribution in [2.45, 2.75) is 6.92 Å². The van der Waals surface area contributed by atoms with E-state index in [-0.39, 0.29) is 5.28 Å². The number of nitrogens with two attached hydrogens (primary N) is 1. The Balaban J connectivity index is 2.10. The van der Waals surface area contributed by atoms with Gasteiger partial charge in [0.25, 0.3) is 0 Å². The maximum atomic E-state index is 6.00. The van der Waals surface area contributed by atoms with E-state index in [1.54, 1.807) is 6.92 Å². The number of hydrogen-bond acceptors (Lipinski definition) is 4. The summed E-state index contributed by atoms with van der Waals surface area (Å²) in [5.41, 5.74) is 8.09. The van der Waals surface area contributed by atoms with E-state index >= 15 is 0 Å². The minimum absolute atomic E-state index is 0.180. The molecular weight excluding hydrogens is 272 g/mol. The molecule has 0 unspecified atom stereocenters. The highest BCUT2D eigenvalue weighted by molar-refractivity contribution is 6.28.